The maximum atomic E-state index is 12.3. The molecule has 20 heavy (non-hydrogen) atoms. The molecular weight excluding hydrogens is 250 g/mol. The normalized spacial score (nSPS) is 25.2. The van der Waals surface area contributed by atoms with Gasteiger partial charge in [0.15, 0.2) is 0 Å². The molecule has 1 N–H and O–H groups in total. The molecule has 2 aliphatic rings. The molecule has 1 aromatic carbocycles. The van der Waals surface area contributed by atoms with Crippen LogP contribution in [0.25, 0.3) is 0 Å². The van der Waals surface area contributed by atoms with Gasteiger partial charge in [-0.2, -0.15) is 0 Å². The van der Waals surface area contributed by atoms with Crippen molar-refractivity contribution in [3.8, 4) is 0 Å². The predicted octanol–water partition coefficient (Wildman–Crippen LogP) is 2.86. The molecule has 0 saturated carbocycles. The predicted molar refractivity (Wildman–Crippen MR) is 79.0 cm³/mol. The van der Waals surface area contributed by atoms with Crippen molar-refractivity contribution >= 4 is 5.91 Å². The second-order valence-electron chi connectivity index (χ2n) is 6.28. The number of aryl methyl sites for hydroxylation is 2. The van der Waals surface area contributed by atoms with E-state index >= 15 is 0 Å². The Morgan fingerprint density at radius 2 is 2.05 bits per heavy atom. The van der Waals surface area contributed by atoms with Gasteiger partial charge in [-0.15, -0.1) is 0 Å². The molecule has 3 nitrogen and oxygen atoms in total. The van der Waals surface area contributed by atoms with Gasteiger partial charge in [0, 0.05) is 18.7 Å². The van der Waals surface area contributed by atoms with E-state index < -0.39 is 0 Å². The first-order valence-electron chi connectivity index (χ1n) is 7.70. The number of ether oxygens (including phenoxy) is 1. The summed E-state index contributed by atoms with van der Waals surface area (Å²) < 4.78 is 5.70. The van der Waals surface area contributed by atoms with E-state index in [1.165, 1.54) is 24.0 Å². The van der Waals surface area contributed by atoms with E-state index in [-0.39, 0.29) is 11.5 Å². The summed E-state index contributed by atoms with van der Waals surface area (Å²) in [5.41, 5.74) is 3.38. The second kappa shape index (κ2) is 5.57. The van der Waals surface area contributed by atoms with E-state index in [2.05, 4.69) is 24.4 Å². The molecule has 3 rings (SSSR count). The van der Waals surface area contributed by atoms with Gasteiger partial charge in [-0.05, 0) is 68.7 Å². The van der Waals surface area contributed by atoms with E-state index in [0.717, 1.165) is 37.9 Å². The third kappa shape index (κ3) is 2.88. The lowest BCUT2D eigenvalue weighted by molar-refractivity contribution is 0.0206. The number of amides is 1. The lowest BCUT2D eigenvalue weighted by Gasteiger charge is -2.23. The van der Waals surface area contributed by atoms with E-state index in [0.29, 0.717) is 6.54 Å². The van der Waals surface area contributed by atoms with E-state index in [4.69, 9.17) is 4.74 Å². The molecule has 0 spiro atoms. The zero-order valence-corrected chi connectivity index (χ0v) is 12.2. The Morgan fingerprint density at radius 3 is 2.80 bits per heavy atom. The highest BCUT2D eigenvalue weighted by atomic mass is 16.5. The fraction of sp³-hybridized carbons (Fsp3) is 0.588. The van der Waals surface area contributed by atoms with Crippen LogP contribution < -0.4 is 5.32 Å². The highest BCUT2D eigenvalue weighted by molar-refractivity contribution is 5.94. The molecule has 1 aliphatic heterocycles. The Balaban J connectivity index is 1.65. The Hall–Kier alpha value is -1.35. The summed E-state index contributed by atoms with van der Waals surface area (Å²) in [6, 6.07) is 6.15. The Labute approximate surface area is 120 Å². The Bertz CT molecular complexity index is 504. The van der Waals surface area contributed by atoms with Gasteiger partial charge in [-0.3, -0.25) is 4.79 Å². The average molecular weight is 273 g/mol. The third-order valence-corrected chi connectivity index (χ3v) is 4.53. The first-order valence-corrected chi connectivity index (χ1v) is 7.70. The molecule has 1 fully saturated rings. The van der Waals surface area contributed by atoms with Gasteiger partial charge in [-0.25, -0.2) is 0 Å². The summed E-state index contributed by atoms with van der Waals surface area (Å²) in [7, 11) is 0. The SMILES string of the molecule is CC1(CNC(=O)c2ccc3c(c2)CCCC3)CCCO1. The smallest absolute Gasteiger partial charge is 0.251 e. The molecular formula is C17H23NO2. The summed E-state index contributed by atoms with van der Waals surface area (Å²) in [6.45, 7) is 3.49. The van der Waals surface area contributed by atoms with Crippen molar-refractivity contribution in [1.29, 1.82) is 0 Å². The summed E-state index contributed by atoms with van der Waals surface area (Å²) in [5, 5.41) is 3.02. The third-order valence-electron chi connectivity index (χ3n) is 4.53. The number of carbonyl (C=O) groups excluding carboxylic acids is 1. The van der Waals surface area contributed by atoms with Crippen molar-refractivity contribution in [3.63, 3.8) is 0 Å². The van der Waals surface area contributed by atoms with Gasteiger partial charge in [0.2, 0.25) is 0 Å². The van der Waals surface area contributed by atoms with E-state index in [1.54, 1.807) is 0 Å². The molecule has 1 unspecified atom stereocenters. The van der Waals surface area contributed by atoms with Crippen LogP contribution in [-0.2, 0) is 17.6 Å². The summed E-state index contributed by atoms with van der Waals surface area (Å²) in [4.78, 5) is 12.3. The van der Waals surface area contributed by atoms with Crippen LogP contribution in [0.1, 0.15) is 54.1 Å². The highest BCUT2D eigenvalue weighted by Crippen LogP contribution is 2.25. The summed E-state index contributed by atoms with van der Waals surface area (Å²) >= 11 is 0. The number of fused-ring (bicyclic) bond motifs is 1. The molecule has 1 aromatic rings. The van der Waals surface area contributed by atoms with E-state index in [9.17, 15) is 4.79 Å². The first-order chi connectivity index (χ1) is 9.66. The van der Waals surface area contributed by atoms with Crippen LogP contribution in [0.2, 0.25) is 0 Å². The first kappa shape index (κ1) is 13.6. The standard InChI is InChI=1S/C17H23NO2/c1-17(9-4-10-20-17)12-18-16(19)15-8-7-13-5-2-3-6-14(13)11-15/h7-8,11H,2-6,9-10,12H2,1H3,(H,18,19). The van der Waals surface area contributed by atoms with Gasteiger partial charge < -0.3 is 10.1 Å². The van der Waals surface area contributed by atoms with Crippen LogP contribution in [0.3, 0.4) is 0 Å². The topological polar surface area (TPSA) is 38.3 Å². The number of carbonyl (C=O) groups is 1. The molecule has 3 heteroatoms. The number of hydrogen-bond acceptors (Lipinski definition) is 2. The number of benzene rings is 1. The number of nitrogens with one attached hydrogen (secondary N) is 1. The monoisotopic (exact) mass is 273 g/mol. The minimum absolute atomic E-state index is 0.0232. The van der Waals surface area contributed by atoms with Crippen LogP contribution in [0.15, 0.2) is 18.2 Å². The van der Waals surface area contributed by atoms with Crippen LogP contribution in [-0.4, -0.2) is 24.7 Å². The maximum Gasteiger partial charge on any atom is 0.251 e. The van der Waals surface area contributed by atoms with Crippen LogP contribution >= 0.6 is 0 Å². The largest absolute Gasteiger partial charge is 0.373 e. The Kier molecular flexibility index (Phi) is 3.79. The molecule has 1 atom stereocenters. The maximum absolute atomic E-state index is 12.3. The molecule has 0 bridgehead atoms. The quantitative estimate of drug-likeness (QED) is 0.919. The minimum Gasteiger partial charge on any atom is -0.373 e. The summed E-state index contributed by atoms with van der Waals surface area (Å²) in [6.07, 6.45) is 6.89. The van der Waals surface area contributed by atoms with Crippen molar-refractivity contribution < 1.29 is 9.53 Å². The molecule has 108 valence electrons. The van der Waals surface area contributed by atoms with Gasteiger partial charge in [0.25, 0.3) is 5.91 Å². The van der Waals surface area contributed by atoms with Crippen molar-refractivity contribution in [2.45, 2.75) is 51.0 Å². The van der Waals surface area contributed by atoms with E-state index in [1.807, 2.05) is 6.07 Å². The van der Waals surface area contributed by atoms with Crippen molar-refractivity contribution in [2.75, 3.05) is 13.2 Å². The fourth-order valence-corrected chi connectivity index (χ4v) is 3.22. The highest BCUT2D eigenvalue weighted by Gasteiger charge is 2.30. The van der Waals surface area contributed by atoms with Crippen LogP contribution in [0.5, 0.6) is 0 Å². The van der Waals surface area contributed by atoms with Crippen LogP contribution in [0, 0.1) is 0 Å². The molecule has 0 radical (unpaired) electrons. The molecule has 1 amide bonds. The number of hydrogen-bond donors (Lipinski definition) is 1. The number of rotatable bonds is 3. The fourth-order valence-electron chi connectivity index (χ4n) is 3.22. The van der Waals surface area contributed by atoms with Gasteiger partial charge in [0.05, 0.1) is 5.60 Å². The molecule has 1 aliphatic carbocycles. The zero-order valence-electron chi connectivity index (χ0n) is 12.2. The minimum atomic E-state index is -0.177. The lowest BCUT2D eigenvalue weighted by atomic mass is 9.90. The summed E-state index contributed by atoms with van der Waals surface area (Å²) in [5.74, 6) is 0.0232. The van der Waals surface area contributed by atoms with Crippen molar-refractivity contribution in [1.82, 2.24) is 5.32 Å². The lowest BCUT2D eigenvalue weighted by Crippen LogP contribution is -2.40. The molecule has 1 heterocycles. The van der Waals surface area contributed by atoms with Crippen molar-refractivity contribution in [3.05, 3.63) is 34.9 Å². The average Bonchev–Trinajstić information content (AvgIpc) is 2.91. The van der Waals surface area contributed by atoms with Gasteiger partial charge >= 0.3 is 0 Å². The molecule has 1 saturated heterocycles. The van der Waals surface area contributed by atoms with Crippen molar-refractivity contribution in [2.24, 2.45) is 0 Å². The van der Waals surface area contributed by atoms with Crippen LogP contribution in [0.4, 0.5) is 0 Å². The zero-order chi connectivity index (χ0) is 14.0. The Morgan fingerprint density at radius 1 is 1.25 bits per heavy atom. The van der Waals surface area contributed by atoms with Gasteiger partial charge in [0.1, 0.15) is 0 Å². The second-order valence-corrected chi connectivity index (χ2v) is 6.28. The molecule has 0 aromatic heterocycles. The van der Waals surface area contributed by atoms with Gasteiger partial charge in [-0.1, -0.05) is 6.07 Å².